The van der Waals surface area contributed by atoms with E-state index in [-0.39, 0.29) is 5.91 Å². The molecule has 0 bridgehead atoms. The zero-order valence-electron chi connectivity index (χ0n) is 10.6. The number of rotatable bonds is 3. The maximum atomic E-state index is 12.0. The Morgan fingerprint density at radius 3 is 2.60 bits per heavy atom. The van der Waals surface area contributed by atoms with Gasteiger partial charge in [-0.2, -0.15) is 5.10 Å². The van der Waals surface area contributed by atoms with Gasteiger partial charge in [0.05, 0.1) is 5.69 Å². The van der Waals surface area contributed by atoms with Crippen molar-refractivity contribution in [3.63, 3.8) is 0 Å². The molecule has 0 fully saturated rings. The summed E-state index contributed by atoms with van der Waals surface area (Å²) in [7, 11) is 0. The Hall–Kier alpha value is -2.95. The number of nitrogens with one attached hydrogen (secondary N) is 2. The van der Waals surface area contributed by atoms with Gasteiger partial charge in [-0.05, 0) is 18.2 Å². The Bertz CT molecular complexity index is 707. The van der Waals surface area contributed by atoms with Crippen molar-refractivity contribution in [2.75, 3.05) is 5.32 Å². The standard InChI is InChI=1S/C15H12N4O/c20-15(17-14-8-4-5-9-16-14)13-10-12(18-19-13)11-6-2-1-3-7-11/h1-10H,(H,18,19)(H,16,17,20). The van der Waals surface area contributed by atoms with Crippen LogP contribution in [-0.2, 0) is 0 Å². The van der Waals surface area contributed by atoms with E-state index in [0.29, 0.717) is 11.5 Å². The zero-order chi connectivity index (χ0) is 13.8. The molecule has 2 N–H and O–H groups in total. The summed E-state index contributed by atoms with van der Waals surface area (Å²) in [5, 5.41) is 9.58. The molecule has 0 aliphatic rings. The van der Waals surface area contributed by atoms with E-state index in [1.807, 2.05) is 36.4 Å². The normalized spacial score (nSPS) is 10.2. The SMILES string of the molecule is O=C(Nc1ccccn1)c1cc(-c2ccccc2)n[nH]1. The number of carbonyl (C=O) groups excluding carboxylic acids is 1. The monoisotopic (exact) mass is 264 g/mol. The fourth-order valence-corrected chi connectivity index (χ4v) is 1.82. The fraction of sp³-hybridized carbons (Fsp3) is 0. The van der Waals surface area contributed by atoms with Crippen molar-refractivity contribution in [3.05, 3.63) is 66.5 Å². The van der Waals surface area contributed by atoms with Gasteiger partial charge in [0.1, 0.15) is 11.5 Å². The Morgan fingerprint density at radius 1 is 1.05 bits per heavy atom. The van der Waals surface area contributed by atoms with Gasteiger partial charge in [0, 0.05) is 11.8 Å². The van der Waals surface area contributed by atoms with Crippen LogP contribution >= 0.6 is 0 Å². The number of H-pyrrole nitrogens is 1. The van der Waals surface area contributed by atoms with Gasteiger partial charge in [0.15, 0.2) is 0 Å². The lowest BCUT2D eigenvalue weighted by atomic mass is 10.1. The Morgan fingerprint density at radius 2 is 1.85 bits per heavy atom. The van der Waals surface area contributed by atoms with Crippen LogP contribution in [0, 0.1) is 0 Å². The summed E-state index contributed by atoms with van der Waals surface area (Å²) in [5.41, 5.74) is 2.09. The molecule has 0 unspecified atom stereocenters. The van der Waals surface area contributed by atoms with E-state index in [2.05, 4.69) is 20.5 Å². The van der Waals surface area contributed by atoms with Crippen LogP contribution < -0.4 is 5.32 Å². The van der Waals surface area contributed by atoms with E-state index in [4.69, 9.17) is 0 Å². The van der Waals surface area contributed by atoms with E-state index in [1.165, 1.54) is 0 Å². The van der Waals surface area contributed by atoms with Crippen molar-refractivity contribution in [1.82, 2.24) is 15.2 Å². The van der Waals surface area contributed by atoms with Crippen LogP contribution in [0.15, 0.2) is 60.8 Å². The second-order valence-electron chi connectivity index (χ2n) is 4.20. The first-order chi connectivity index (χ1) is 9.83. The Labute approximate surface area is 115 Å². The van der Waals surface area contributed by atoms with E-state index < -0.39 is 0 Å². The smallest absolute Gasteiger partial charge is 0.274 e. The molecule has 20 heavy (non-hydrogen) atoms. The van der Waals surface area contributed by atoms with Crippen molar-refractivity contribution >= 4 is 11.7 Å². The number of amides is 1. The first-order valence-electron chi connectivity index (χ1n) is 6.16. The second-order valence-corrected chi connectivity index (χ2v) is 4.20. The van der Waals surface area contributed by atoms with Gasteiger partial charge in [-0.15, -0.1) is 0 Å². The zero-order valence-corrected chi connectivity index (χ0v) is 10.6. The van der Waals surface area contributed by atoms with Crippen LogP contribution in [0.5, 0.6) is 0 Å². The van der Waals surface area contributed by atoms with Gasteiger partial charge in [-0.25, -0.2) is 4.98 Å². The van der Waals surface area contributed by atoms with Gasteiger partial charge in [-0.1, -0.05) is 36.4 Å². The fourth-order valence-electron chi connectivity index (χ4n) is 1.82. The van der Waals surface area contributed by atoms with Crippen molar-refractivity contribution in [2.45, 2.75) is 0 Å². The van der Waals surface area contributed by atoms with Crippen molar-refractivity contribution < 1.29 is 4.79 Å². The maximum absolute atomic E-state index is 12.0. The number of nitrogens with zero attached hydrogens (tertiary/aromatic N) is 2. The predicted molar refractivity (Wildman–Crippen MR) is 76.2 cm³/mol. The lowest BCUT2D eigenvalue weighted by Gasteiger charge is -2.00. The molecule has 2 aromatic heterocycles. The highest BCUT2D eigenvalue weighted by Gasteiger charge is 2.11. The van der Waals surface area contributed by atoms with Gasteiger partial charge in [0.2, 0.25) is 0 Å². The van der Waals surface area contributed by atoms with Crippen molar-refractivity contribution in [3.8, 4) is 11.3 Å². The average molecular weight is 264 g/mol. The lowest BCUT2D eigenvalue weighted by Crippen LogP contribution is -2.13. The van der Waals surface area contributed by atoms with Crippen LogP contribution in [0.3, 0.4) is 0 Å². The number of aromatic amines is 1. The lowest BCUT2D eigenvalue weighted by molar-refractivity contribution is 0.102. The molecule has 1 aromatic carbocycles. The molecule has 0 saturated carbocycles. The molecule has 2 heterocycles. The van der Waals surface area contributed by atoms with E-state index >= 15 is 0 Å². The molecule has 0 aliphatic carbocycles. The number of benzene rings is 1. The molecule has 98 valence electrons. The maximum Gasteiger partial charge on any atom is 0.274 e. The molecule has 5 heteroatoms. The molecular weight excluding hydrogens is 252 g/mol. The topological polar surface area (TPSA) is 70.7 Å². The minimum atomic E-state index is -0.265. The first kappa shape index (κ1) is 12.1. The van der Waals surface area contributed by atoms with Crippen LogP contribution in [0.2, 0.25) is 0 Å². The number of hydrogen-bond acceptors (Lipinski definition) is 3. The van der Waals surface area contributed by atoms with Gasteiger partial charge >= 0.3 is 0 Å². The number of hydrogen-bond donors (Lipinski definition) is 2. The molecule has 1 amide bonds. The number of anilines is 1. The van der Waals surface area contributed by atoms with Crippen LogP contribution in [0.25, 0.3) is 11.3 Å². The molecule has 0 radical (unpaired) electrons. The van der Waals surface area contributed by atoms with E-state index in [1.54, 1.807) is 24.4 Å². The van der Waals surface area contributed by atoms with Crippen LogP contribution in [0.1, 0.15) is 10.5 Å². The summed E-state index contributed by atoms with van der Waals surface area (Å²) in [4.78, 5) is 16.1. The van der Waals surface area contributed by atoms with E-state index in [0.717, 1.165) is 11.3 Å². The first-order valence-corrected chi connectivity index (χ1v) is 6.16. The summed E-state index contributed by atoms with van der Waals surface area (Å²) < 4.78 is 0. The Balaban J connectivity index is 1.79. The summed E-state index contributed by atoms with van der Waals surface area (Å²) in [5.74, 6) is 0.242. The van der Waals surface area contributed by atoms with Gasteiger partial charge in [0.25, 0.3) is 5.91 Å². The molecule has 0 atom stereocenters. The van der Waals surface area contributed by atoms with E-state index in [9.17, 15) is 4.79 Å². The van der Waals surface area contributed by atoms with Crippen molar-refractivity contribution in [2.24, 2.45) is 0 Å². The van der Waals surface area contributed by atoms with Gasteiger partial charge in [-0.3, -0.25) is 9.89 Å². The summed E-state index contributed by atoms with van der Waals surface area (Å²) in [6, 6.07) is 16.7. The third-order valence-corrected chi connectivity index (χ3v) is 2.80. The number of pyridine rings is 1. The summed E-state index contributed by atoms with van der Waals surface area (Å²) >= 11 is 0. The van der Waals surface area contributed by atoms with Crippen LogP contribution in [-0.4, -0.2) is 21.1 Å². The molecule has 0 spiro atoms. The molecule has 5 nitrogen and oxygen atoms in total. The van der Waals surface area contributed by atoms with Gasteiger partial charge < -0.3 is 5.32 Å². The second kappa shape index (κ2) is 5.36. The minimum absolute atomic E-state index is 0.265. The van der Waals surface area contributed by atoms with Crippen LogP contribution in [0.4, 0.5) is 5.82 Å². The minimum Gasteiger partial charge on any atom is -0.305 e. The average Bonchev–Trinajstić information content (AvgIpc) is 2.99. The Kier molecular flexibility index (Phi) is 3.24. The third-order valence-electron chi connectivity index (χ3n) is 2.80. The molecular formula is C15H12N4O. The number of aromatic nitrogens is 3. The van der Waals surface area contributed by atoms with Crippen molar-refractivity contribution in [1.29, 1.82) is 0 Å². The highest BCUT2D eigenvalue weighted by atomic mass is 16.2. The third kappa shape index (κ3) is 2.56. The quantitative estimate of drug-likeness (QED) is 0.764. The molecule has 3 aromatic rings. The predicted octanol–water partition coefficient (Wildman–Crippen LogP) is 2.72. The molecule has 3 rings (SSSR count). The summed E-state index contributed by atoms with van der Waals surface area (Å²) in [6.07, 6.45) is 1.62. The summed E-state index contributed by atoms with van der Waals surface area (Å²) in [6.45, 7) is 0. The highest BCUT2D eigenvalue weighted by Crippen LogP contribution is 2.17. The molecule has 0 aliphatic heterocycles. The molecule has 0 saturated heterocycles. The number of carbonyl (C=O) groups is 1. The largest absolute Gasteiger partial charge is 0.305 e. The highest BCUT2D eigenvalue weighted by molar-refractivity contribution is 6.02.